The van der Waals surface area contributed by atoms with Crippen LogP contribution < -0.4 is 11.2 Å². The van der Waals surface area contributed by atoms with E-state index in [1.165, 1.54) is 4.57 Å². The SMILES string of the molecule is CCCc1cn([C@@H]2O[C@H](COC(c3ccccc3)(c3ccccc3)c3ccccc3)[C@@H](I)[C@H]2OC(c2ccccc2)(c2ccccc2)c2ccccc2)c(=O)[nH]c1=O. The highest BCUT2D eigenvalue weighted by atomic mass is 127. The summed E-state index contributed by atoms with van der Waals surface area (Å²) < 4.78 is 23.3. The maximum atomic E-state index is 13.9. The summed E-state index contributed by atoms with van der Waals surface area (Å²) in [5, 5.41) is 0. The van der Waals surface area contributed by atoms with E-state index in [9.17, 15) is 9.59 Å². The second-order valence-corrected chi connectivity index (χ2v) is 16.0. The number of aromatic nitrogens is 2. The fourth-order valence-electron chi connectivity index (χ4n) is 8.24. The lowest BCUT2D eigenvalue weighted by Gasteiger charge is -2.40. The lowest BCUT2D eigenvalue weighted by atomic mass is 9.79. The van der Waals surface area contributed by atoms with Crippen molar-refractivity contribution in [3.63, 3.8) is 0 Å². The van der Waals surface area contributed by atoms with Crippen LogP contribution in [0.4, 0.5) is 0 Å². The number of ether oxygens (including phenoxy) is 3. The van der Waals surface area contributed by atoms with E-state index in [2.05, 4.69) is 100 Å². The number of nitrogens with one attached hydrogen (secondary N) is 1. The maximum Gasteiger partial charge on any atom is 0.330 e. The summed E-state index contributed by atoms with van der Waals surface area (Å²) in [4.78, 5) is 29.6. The van der Waals surface area contributed by atoms with Crippen LogP contribution in [0.1, 0.15) is 58.5 Å². The molecule has 1 fully saturated rings. The van der Waals surface area contributed by atoms with Crippen molar-refractivity contribution in [1.82, 2.24) is 9.55 Å². The van der Waals surface area contributed by atoms with E-state index in [1.807, 2.05) is 116 Å². The summed E-state index contributed by atoms with van der Waals surface area (Å²) in [5.41, 5.74) is 3.11. The molecule has 1 aromatic heterocycles. The van der Waals surface area contributed by atoms with Gasteiger partial charge in [-0.2, -0.15) is 0 Å². The molecule has 2 heterocycles. The van der Waals surface area contributed by atoms with Gasteiger partial charge in [-0.25, -0.2) is 4.79 Å². The van der Waals surface area contributed by atoms with Crippen LogP contribution in [0.2, 0.25) is 0 Å². The molecule has 0 radical (unpaired) electrons. The Kier molecular flexibility index (Phi) is 12.0. The molecular formula is C50H45IN2O5. The zero-order valence-electron chi connectivity index (χ0n) is 32.2. The Morgan fingerprint density at radius 1 is 0.603 bits per heavy atom. The Morgan fingerprint density at radius 2 is 0.983 bits per heavy atom. The van der Waals surface area contributed by atoms with Crippen molar-refractivity contribution in [2.75, 3.05) is 6.61 Å². The van der Waals surface area contributed by atoms with Crippen LogP contribution in [0.3, 0.4) is 0 Å². The Balaban J connectivity index is 1.28. The number of rotatable bonds is 14. The predicted molar refractivity (Wildman–Crippen MR) is 236 cm³/mol. The normalized spacial score (nSPS) is 18.2. The smallest absolute Gasteiger partial charge is 0.330 e. The Hall–Kier alpha value is -5.39. The van der Waals surface area contributed by atoms with Crippen molar-refractivity contribution >= 4 is 22.6 Å². The molecule has 1 saturated heterocycles. The highest BCUT2D eigenvalue weighted by Crippen LogP contribution is 2.48. The van der Waals surface area contributed by atoms with Gasteiger partial charge < -0.3 is 14.2 Å². The van der Waals surface area contributed by atoms with Crippen LogP contribution >= 0.6 is 22.6 Å². The average Bonchev–Trinajstić information content (AvgIpc) is 3.59. The molecule has 8 heteroatoms. The molecule has 1 N–H and O–H groups in total. The molecule has 8 rings (SSSR count). The minimum atomic E-state index is -1.12. The number of benzene rings is 6. The fourth-order valence-corrected chi connectivity index (χ4v) is 9.12. The average molecular weight is 881 g/mol. The first-order valence-corrected chi connectivity index (χ1v) is 21.0. The molecule has 6 aromatic carbocycles. The first kappa shape index (κ1) is 39.4. The molecule has 0 unspecified atom stereocenters. The third-order valence-electron chi connectivity index (χ3n) is 11.0. The summed E-state index contributed by atoms with van der Waals surface area (Å²) in [5.74, 6) is 0. The van der Waals surface area contributed by atoms with E-state index in [0.717, 1.165) is 39.8 Å². The monoisotopic (exact) mass is 880 g/mol. The van der Waals surface area contributed by atoms with E-state index >= 15 is 0 Å². The third kappa shape index (κ3) is 7.53. The molecule has 1 aliphatic heterocycles. The zero-order valence-corrected chi connectivity index (χ0v) is 34.4. The summed E-state index contributed by atoms with van der Waals surface area (Å²) >= 11 is 2.42. The predicted octanol–water partition coefficient (Wildman–Crippen LogP) is 9.58. The summed E-state index contributed by atoms with van der Waals surface area (Å²) in [6.07, 6.45) is 0.690. The summed E-state index contributed by atoms with van der Waals surface area (Å²) in [6, 6.07) is 61.3. The van der Waals surface area contributed by atoms with Gasteiger partial charge in [-0.15, -0.1) is 0 Å². The standard InChI is InChI=1S/C50H45IN2O5/c1-2-21-36-34-53(48(55)52-46(36)54)47-45(58-50(40-28-15-6-16-29-40,41-30-17-7-18-31-41)42-32-19-8-20-33-42)44(51)43(57-47)35-56-49(37-22-9-3-10-23-37,38-24-11-4-12-25-38)39-26-13-5-14-27-39/h3-20,22-34,43-45,47H,2,21,35H2,1H3,(H,52,54,55)/t43-,44-,45-,47-/m1/s1. The van der Waals surface area contributed by atoms with E-state index in [0.29, 0.717) is 12.0 Å². The molecule has 7 aromatic rings. The highest BCUT2D eigenvalue weighted by Gasteiger charge is 2.52. The van der Waals surface area contributed by atoms with Crippen molar-refractivity contribution < 1.29 is 14.2 Å². The number of hydrogen-bond acceptors (Lipinski definition) is 5. The molecule has 0 saturated carbocycles. The van der Waals surface area contributed by atoms with Crippen LogP contribution in [0, 0.1) is 0 Å². The topological polar surface area (TPSA) is 82.6 Å². The van der Waals surface area contributed by atoms with Crippen LogP contribution in [-0.4, -0.2) is 32.3 Å². The zero-order chi connectivity index (χ0) is 40.0. The molecule has 1 aliphatic rings. The van der Waals surface area contributed by atoms with E-state index in [4.69, 9.17) is 14.2 Å². The van der Waals surface area contributed by atoms with Crippen LogP contribution in [0.5, 0.6) is 0 Å². The Labute approximate surface area is 352 Å². The van der Waals surface area contributed by atoms with Gasteiger partial charge in [-0.05, 0) is 39.8 Å². The number of hydrogen-bond donors (Lipinski definition) is 1. The minimum Gasteiger partial charge on any atom is -0.358 e. The highest BCUT2D eigenvalue weighted by molar-refractivity contribution is 14.1. The molecule has 0 aliphatic carbocycles. The number of H-pyrrole nitrogens is 1. The molecule has 7 nitrogen and oxygen atoms in total. The van der Waals surface area contributed by atoms with Gasteiger partial charge in [-0.1, -0.05) is 218 Å². The summed E-state index contributed by atoms with van der Waals surface area (Å²) in [6.45, 7) is 2.16. The van der Waals surface area contributed by atoms with Crippen LogP contribution in [0.15, 0.2) is 198 Å². The first-order valence-electron chi connectivity index (χ1n) is 19.7. The number of aromatic amines is 1. The molecule has 292 valence electrons. The number of halogens is 1. The summed E-state index contributed by atoms with van der Waals surface area (Å²) in [7, 11) is 0. The van der Waals surface area contributed by atoms with Crippen molar-refractivity contribution in [3.05, 3.63) is 248 Å². The van der Waals surface area contributed by atoms with E-state index in [1.54, 1.807) is 6.20 Å². The molecule has 0 spiro atoms. The Bertz CT molecular complexity index is 2310. The van der Waals surface area contributed by atoms with Crippen molar-refractivity contribution in [3.8, 4) is 0 Å². The lowest BCUT2D eigenvalue weighted by Crippen LogP contribution is -2.44. The number of nitrogens with zero attached hydrogens (tertiary/aromatic N) is 1. The molecule has 0 bridgehead atoms. The van der Waals surface area contributed by atoms with Crippen molar-refractivity contribution in [2.45, 2.75) is 53.3 Å². The second kappa shape index (κ2) is 17.6. The number of aryl methyl sites for hydroxylation is 1. The Morgan fingerprint density at radius 3 is 1.36 bits per heavy atom. The van der Waals surface area contributed by atoms with Gasteiger partial charge in [-0.3, -0.25) is 14.3 Å². The van der Waals surface area contributed by atoms with Gasteiger partial charge in [0.15, 0.2) is 6.23 Å². The van der Waals surface area contributed by atoms with Gasteiger partial charge in [0, 0.05) is 11.8 Å². The second-order valence-electron chi connectivity index (χ2n) is 14.5. The lowest BCUT2D eigenvalue weighted by molar-refractivity contribution is -0.119. The van der Waals surface area contributed by atoms with Crippen molar-refractivity contribution in [1.29, 1.82) is 0 Å². The molecular weight excluding hydrogens is 835 g/mol. The van der Waals surface area contributed by atoms with Crippen LogP contribution in [-0.2, 0) is 31.8 Å². The maximum absolute atomic E-state index is 13.9. The number of alkyl halides is 1. The third-order valence-corrected chi connectivity index (χ3v) is 12.5. The van der Waals surface area contributed by atoms with Crippen molar-refractivity contribution in [2.24, 2.45) is 0 Å². The minimum absolute atomic E-state index is 0.150. The first-order chi connectivity index (χ1) is 28.5. The van der Waals surface area contributed by atoms with Crippen LogP contribution in [0.25, 0.3) is 0 Å². The van der Waals surface area contributed by atoms with Gasteiger partial charge in [0.05, 0.1) is 16.6 Å². The van der Waals surface area contributed by atoms with Gasteiger partial charge in [0.25, 0.3) is 5.56 Å². The quantitative estimate of drug-likeness (QED) is 0.0669. The van der Waals surface area contributed by atoms with E-state index < -0.39 is 40.9 Å². The van der Waals surface area contributed by atoms with Gasteiger partial charge >= 0.3 is 5.69 Å². The fraction of sp³-hybridized carbons (Fsp3) is 0.200. The largest absolute Gasteiger partial charge is 0.358 e. The van der Waals surface area contributed by atoms with Gasteiger partial charge in [0.2, 0.25) is 0 Å². The van der Waals surface area contributed by atoms with Gasteiger partial charge in [0.1, 0.15) is 17.3 Å². The molecule has 0 amide bonds. The molecule has 4 atom stereocenters. The molecule has 58 heavy (non-hydrogen) atoms. The van der Waals surface area contributed by atoms with E-state index in [-0.39, 0.29) is 10.5 Å².